The van der Waals surface area contributed by atoms with E-state index in [1.54, 1.807) is 0 Å². The Kier molecular flexibility index (Phi) is 4.72. The van der Waals surface area contributed by atoms with Gasteiger partial charge in [-0.2, -0.15) is 0 Å². The molecule has 0 saturated heterocycles. The van der Waals surface area contributed by atoms with Crippen LogP contribution in [0.1, 0.15) is 57.8 Å². The summed E-state index contributed by atoms with van der Waals surface area (Å²) in [5, 5.41) is 3.75. The zero-order valence-electron chi connectivity index (χ0n) is 9.88. The van der Waals surface area contributed by atoms with Crippen molar-refractivity contribution in [3.8, 4) is 0 Å². The molecule has 86 valence electrons. The third kappa shape index (κ3) is 3.98. The second-order valence-electron chi connectivity index (χ2n) is 5.20. The Balaban J connectivity index is 1.57. The van der Waals surface area contributed by atoms with Crippen molar-refractivity contribution in [1.82, 2.24) is 5.32 Å². The summed E-state index contributed by atoms with van der Waals surface area (Å²) in [5.74, 6) is 0.878. The highest BCUT2D eigenvalue weighted by atomic mass is 14.9. The molecule has 0 bridgehead atoms. The molecule has 0 heterocycles. The van der Waals surface area contributed by atoms with Crippen LogP contribution in [0, 0.1) is 5.92 Å². The largest absolute Gasteiger partial charge is 0.314 e. The molecule has 0 aromatic rings. The molecule has 0 amide bonds. The van der Waals surface area contributed by atoms with Gasteiger partial charge < -0.3 is 5.32 Å². The summed E-state index contributed by atoms with van der Waals surface area (Å²) in [6.45, 7) is 1.24. The van der Waals surface area contributed by atoms with Gasteiger partial charge in [0.05, 0.1) is 0 Å². The lowest BCUT2D eigenvalue weighted by Crippen LogP contribution is -2.30. The molecule has 1 N–H and O–H groups in total. The van der Waals surface area contributed by atoms with Crippen LogP contribution in [0.15, 0.2) is 12.2 Å². The van der Waals surface area contributed by atoms with Gasteiger partial charge in [0.1, 0.15) is 0 Å². The van der Waals surface area contributed by atoms with Crippen molar-refractivity contribution in [3.05, 3.63) is 12.2 Å². The average Bonchev–Trinajstić information content (AvgIpc) is 2.62. The van der Waals surface area contributed by atoms with E-state index < -0.39 is 0 Å². The maximum atomic E-state index is 3.75. The van der Waals surface area contributed by atoms with E-state index in [1.165, 1.54) is 64.3 Å². The topological polar surface area (TPSA) is 12.0 Å². The molecule has 1 unspecified atom stereocenters. The molecule has 15 heavy (non-hydrogen) atoms. The lowest BCUT2D eigenvalue weighted by Gasteiger charge is -2.17. The van der Waals surface area contributed by atoms with Gasteiger partial charge in [-0.15, -0.1) is 0 Å². The van der Waals surface area contributed by atoms with E-state index in [4.69, 9.17) is 0 Å². The van der Waals surface area contributed by atoms with Gasteiger partial charge in [0, 0.05) is 6.04 Å². The highest BCUT2D eigenvalue weighted by Gasteiger charge is 2.13. The molecular weight excluding hydrogens is 182 g/mol. The Morgan fingerprint density at radius 1 is 1.00 bits per heavy atom. The Labute approximate surface area is 94.3 Å². The second-order valence-corrected chi connectivity index (χ2v) is 5.20. The number of hydrogen-bond donors (Lipinski definition) is 1. The van der Waals surface area contributed by atoms with E-state index in [0.717, 1.165) is 12.0 Å². The van der Waals surface area contributed by atoms with Crippen molar-refractivity contribution in [2.45, 2.75) is 63.8 Å². The molecule has 1 saturated carbocycles. The number of rotatable bonds is 4. The lowest BCUT2D eigenvalue weighted by molar-refractivity contribution is 0.433. The Hall–Kier alpha value is -0.300. The van der Waals surface area contributed by atoms with Crippen LogP contribution in [-0.4, -0.2) is 12.6 Å². The Bertz CT molecular complexity index is 190. The zero-order valence-corrected chi connectivity index (χ0v) is 9.88. The first-order chi connectivity index (χ1) is 7.45. The molecule has 1 fully saturated rings. The van der Waals surface area contributed by atoms with Crippen LogP contribution in [0.3, 0.4) is 0 Å². The summed E-state index contributed by atoms with van der Waals surface area (Å²) < 4.78 is 0. The van der Waals surface area contributed by atoms with Crippen molar-refractivity contribution in [2.75, 3.05) is 6.54 Å². The van der Waals surface area contributed by atoms with Crippen molar-refractivity contribution < 1.29 is 0 Å². The molecule has 1 nitrogen and oxygen atoms in total. The van der Waals surface area contributed by atoms with Crippen LogP contribution >= 0.6 is 0 Å². The second kappa shape index (κ2) is 6.32. The van der Waals surface area contributed by atoms with Crippen LogP contribution in [0.4, 0.5) is 0 Å². The van der Waals surface area contributed by atoms with Crippen molar-refractivity contribution in [2.24, 2.45) is 5.92 Å². The van der Waals surface area contributed by atoms with Crippen LogP contribution in [0.5, 0.6) is 0 Å². The number of allylic oxidation sites excluding steroid dienone is 2. The molecule has 0 aromatic heterocycles. The maximum Gasteiger partial charge on any atom is 0.00670 e. The predicted molar refractivity (Wildman–Crippen MR) is 66.0 cm³/mol. The fourth-order valence-corrected chi connectivity index (χ4v) is 2.89. The van der Waals surface area contributed by atoms with Gasteiger partial charge in [-0.05, 0) is 44.6 Å². The van der Waals surface area contributed by atoms with E-state index in [2.05, 4.69) is 17.5 Å². The van der Waals surface area contributed by atoms with Gasteiger partial charge in [-0.25, -0.2) is 0 Å². The van der Waals surface area contributed by atoms with Crippen molar-refractivity contribution in [1.29, 1.82) is 0 Å². The van der Waals surface area contributed by atoms with E-state index in [1.807, 2.05) is 0 Å². The van der Waals surface area contributed by atoms with Crippen molar-refractivity contribution in [3.63, 3.8) is 0 Å². The molecule has 0 radical (unpaired) electrons. The van der Waals surface area contributed by atoms with Crippen LogP contribution in [-0.2, 0) is 0 Å². The van der Waals surface area contributed by atoms with Gasteiger partial charge in [0.25, 0.3) is 0 Å². The zero-order chi connectivity index (χ0) is 10.3. The first-order valence-corrected chi connectivity index (χ1v) is 6.85. The molecular formula is C14H25N. The van der Waals surface area contributed by atoms with E-state index >= 15 is 0 Å². The van der Waals surface area contributed by atoms with Crippen LogP contribution in [0.2, 0.25) is 0 Å². The fraction of sp³-hybridized carbons (Fsp3) is 0.857. The molecule has 0 aromatic carbocycles. The molecule has 1 atom stereocenters. The van der Waals surface area contributed by atoms with Gasteiger partial charge >= 0.3 is 0 Å². The minimum atomic E-state index is 0.831. The summed E-state index contributed by atoms with van der Waals surface area (Å²) in [4.78, 5) is 0. The third-order valence-corrected chi connectivity index (χ3v) is 3.92. The average molecular weight is 207 g/mol. The standard InChI is InChI=1S/C14H25N/c1-2-4-10-14(9-3-1)15-12-11-13-7-5-6-8-13/h5,7,13-15H,1-4,6,8-12H2. The van der Waals surface area contributed by atoms with Gasteiger partial charge in [-0.3, -0.25) is 0 Å². The van der Waals surface area contributed by atoms with Gasteiger partial charge in [0.15, 0.2) is 0 Å². The normalized spacial score (nSPS) is 28.1. The van der Waals surface area contributed by atoms with E-state index in [0.29, 0.717) is 0 Å². The summed E-state index contributed by atoms with van der Waals surface area (Å²) in [7, 11) is 0. The quantitative estimate of drug-likeness (QED) is 0.548. The van der Waals surface area contributed by atoms with E-state index in [-0.39, 0.29) is 0 Å². The number of hydrogen-bond acceptors (Lipinski definition) is 1. The summed E-state index contributed by atoms with van der Waals surface area (Å²) >= 11 is 0. The monoisotopic (exact) mass is 207 g/mol. The smallest absolute Gasteiger partial charge is 0.00670 e. The highest BCUT2D eigenvalue weighted by molar-refractivity contribution is 4.96. The Morgan fingerprint density at radius 3 is 2.47 bits per heavy atom. The summed E-state index contributed by atoms with van der Waals surface area (Å²) in [5.41, 5.74) is 0. The maximum absolute atomic E-state index is 3.75. The predicted octanol–water partition coefficient (Wildman–Crippen LogP) is 3.66. The molecule has 0 aliphatic heterocycles. The Morgan fingerprint density at radius 2 is 1.80 bits per heavy atom. The molecule has 1 heteroatoms. The molecule has 0 spiro atoms. The minimum absolute atomic E-state index is 0.831. The van der Waals surface area contributed by atoms with Gasteiger partial charge in [-0.1, -0.05) is 37.8 Å². The first kappa shape index (κ1) is 11.2. The van der Waals surface area contributed by atoms with E-state index in [9.17, 15) is 0 Å². The summed E-state index contributed by atoms with van der Waals surface area (Å²) in [6, 6.07) is 0.831. The lowest BCUT2D eigenvalue weighted by atomic mass is 10.0. The molecule has 2 rings (SSSR count). The highest BCUT2D eigenvalue weighted by Crippen LogP contribution is 2.21. The minimum Gasteiger partial charge on any atom is -0.314 e. The SMILES string of the molecule is C1=CC(CCNC2CCCCCC2)CC1. The van der Waals surface area contributed by atoms with Crippen molar-refractivity contribution >= 4 is 0 Å². The third-order valence-electron chi connectivity index (χ3n) is 3.92. The first-order valence-electron chi connectivity index (χ1n) is 6.85. The fourth-order valence-electron chi connectivity index (χ4n) is 2.89. The molecule has 2 aliphatic rings. The van der Waals surface area contributed by atoms with Crippen LogP contribution in [0.25, 0.3) is 0 Å². The van der Waals surface area contributed by atoms with Crippen LogP contribution < -0.4 is 5.32 Å². The van der Waals surface area contributed by atoms with Gasteiger partial charge in [0.2, 0.25) is 0 Å². The summed E-state index contributed by atoms with van der Waals surface area (Å²) in [6.07, 6.45) is 17.5. The molecule has 2 aliphatic carbocycles. The number of nitrogens with one attached hydrogen (secondary N) is 1.